The molecule has 0 atom stereocenters. The molecule has 0 fully saturated rings. The van der Waals surface area contributed by atoms with Crippen LogP contribution in [0.1, 0.15) is 48.5 Å². The molecule has 3 nitrogen and oxygen atoms in total. The summed E-state index contributed by atoms with van der Waals surface area (Å²) < 4.78 is 4.91. The molecule has 0 saturated carbocycles. The van der Waals surface area contributed by atoms with Crippen LogP contribution in [-0.4, -0.2) is 18.9 Å². The van der Waals surface area contributed by atoms with Gasteiger partial charge in [0.05, 0.1) is 7.11 Å². The van der Waals surface area contributed by atoms with E-state index in [0.29, 0.717) is 5.57 Å². The molecule has 1 aliphatic carbocycles. The van der Waals surface area contributed by atoms with Gasteiger partial charge < -0.3 is 4.74 Å². The summed E-state index contributed by atoms with van der Waals surface area (Å²) >= 11 is 0. The van der Waals surface area contributed by atoms with Crippen molar-refractivity contribution in [2.75, 3.05) is 7.11 Å². The topological polar surface area (TPSA) is 43.4 Å². The van der Waals surface area contributed by atoms with Crippen LogP contribution in [0.5, 0.6) is 0 Å². The van der Waals surface area contributed by atoms with Crippen molar-refractivity contribution < 1.29 is 14.3 Å². The Morgan fingerprint density at radius 1 is 1.00 bits per heavy atom. The Bertz CT molecular complexity index is 437. The van der Waals surface area contributed by atoms with Crippen molar-refractivity contribution in [1.82, 2.24) is 0 Å². The predicted molar refractivity (Wildman–Crippen MR) is 71.1 cm³/mol. The highest BCUT2D eigenvalue weighted by Crippen LogP contribution is 2.56. The smallest absolute Gasteiger partial charge is 0.334 e. The first-order valence-electron chi connectivity index (χ1n) is 6.27. The number of carbonyl (C=O) groups excluding carboxylic acids is 2. The maximum absolute atomic E-state index is 12.7. The second kappa shape index (κ2) is 3.94. The fourth-order valence-corrected chi connectivity index (χ4v) is 2.84. The maximum atomic E-state index is 12.7. The summed E-state index contributed by atoms with van der Waals surface area (Å²) in [4.78, 5) is 24.7. The van der Waals surface area contributed by atoms with E-state index in [-0.39, 0.29) is 11.8 Å². The van der Waals surface area contributed by atoms with Gasteiger partial charge in [0.15, 0.2) is 0 Å². The van der Waals surface area contributed by atoms with Crippen molar-refractivity contribution in [3.8, 4) is 0 Å². The zero-order valence-corrected chi connectivity index (χ0v) is 12.7. The summed E-state index contributed by atoms with van der Waals surface area (Å²) in [5.74, 6) is -0.156. The Kier molecular flexibility index (Phi) is 3.27. The van der Waals surface area contributed by atoms with E-state index in [9.17, 15) is 9.59 Å². The van der Waals surface area contributed by atoms with E-state index in [2.05, 4.69) is 0 Å². The zero-order valence-electron chi connectivity index (χ0n) is 12.7. The molecule has 0 saturated heterocycles. The number of ketones is 1. The van der Waals surface area contributed by atoms with Crippen molar-refractivity contribution in [3.63, 3.8) is 0 Å². The lowest BCUT2D eigenvalue weighted by atomic mass is 9.50. The van der Waals surface area contributed by atoms with E-state index < -0.39 is 16.2 Å². The van der Waals surface area contributed by atoms with Crippen LogP contribution in [0.25, 0.3) is 0 Å². The molecule has 102 valence electrons. The van der Waals surface area contributed by atoms with Gasteiger partial charge in [0.2, 0.25) is 0 Å². The van der Waals surface area contributed by atoms with Crippen molar-refractivity contribution >= 4 is 11.8 Å². The normalized spacial score (nSPS) is 25.0. The Morgan fingerprint density at radius 2 is 1.44 bits per heavy atom. The Balaban J connectivity index is 3.68. The third-order valence-electron chi connectivity index (χ3n) is 5.02. The number of esters is 1. The van der Waals surface area contributed by atoms with Gasteiger partial charge in [-0.25, -0.2) is 4.79 Å². The molecule has 3 heteroatoms. The van der Waals surface area contributed by atoms with Crippen LogP contribution in [0, 0.1) is 16.2 Å². The predicted octanol–water partition coefficient (Wildman–Crippen LogP) is 3.14. The fourth-order valence-electron chi connectivity index (χ4n) is 2.84. The van der Waals surface area contributed by atoms with Crippen LogP contribution >= 0.6 is 0 Å². The SMILES string of the molecule is COC(=O)C1=C(C)C(C)(C)C(=O)C(C)(C)C1(C)C. The lowest BCUT2D eigenvalue weighted by Crippen LogP contribution is -2.53. The molecule has 0 aromatic rings. The van der Waals surface area contributed by atoms with Crippen molar-refractivity contribution in [1.29, 1.82) is 0 Å². The molecule has 1 aliphatic rings. The second-order valence-electron chi connectivity index (χ2n) is 6.70. The molecular formula is C15H24O3. The van der Waals surface area contributed by atoms with Crippen LogP contribution in [0.15, 0.2) is 11.1 Å². The van der Waals surface area contributed by atoms with Crippen molar-refractivity contribution in [3.05, 3.63) is 11.1 Å². The molecular weight excluding hydrogens is 228 g/mol. The number of hydrogen-bond donors (Lipinski definition) is 0. The van der Waals surface area contributed by atoms with Gasteiger partial charge in [-0.3, -0.25) is 4.79 Å². The lowest BCUT2D eigenvalue weighted by Gasteiger charge is -2.51. The number of carbonyl (C=O) groups is 2. The van der Waals surface area contributed by atoms with E-state index in [0.717, 1.165) is 5.57 Å². The van der Waals surface area contributed by atoms with Crippen LogP contribution in [0.3, 0.4) is 0 Å². The lowest BCUT2D eigenvalue weighted by molar-refractivity contribution is -0.146. The molecule has 0 unspecified atom stereocenters. The highest BCUT2D eigenvalue weighted by atomic mass is 16.5. The zero-order chi connectivity index (χ0) is 14.5. The van der Waals surface area contributed by atoms with Gasteiger partial charge in [0.1, 0.15) is 5.78 Å². The monoisotopic (exact) mass is 252 g/mol. The van der Waals surface area contributed by atoms with Crippen molar-refractivity contribution in [2.24, 2.45) is 16.2 Å². The van der Waals surface area contributed by atoms with Gasteiger partial charge in [-0.05, 0) is 26.3 Å². The molecule has 0 N–H and O–H groups in total. The van der Waals surface area contributed by atoms with Crippen LogP contribution in [0.2, 0.25) is 0 Å². The molecule has 18 heavy (non-hydrogen) atoms. The van der Waals surface area contributed by atoms with Crippen LogP contribution in [-0.2, 0) is 14.3 Å². The van der Waals surface area contributed by atoms with Gasteiger partial charge in [0.25, 0.3) is 0 Å². The standard InChI is InChI=1S/C15H24O3/c1-9-10(11(16)18-8)14(4,5)15(6,7)12(17)13(9,2)3/h1-8H3. The minimum atomic E-state index is -0.622. The minimum absolute atomic E-state index is 0.171. The third-order valence-corrected chi connectivity index (χ3v) is 5.02. The fraction of sp³-hybridized carbons (Fsp3) is 0.733. The third kappa shape index (κ3) is 1.63. The van der Waals surface area contributed by atoms with E-state index in [4.69, 9.17) is 4.74 Å². The first kappa shape index (κ1) is 14.9. The molecule has 0 spiro atoms. The maximum Gasteiger partial charge on any atom is 0.334 e. The molecule has 0 aliphatic heterocycles. The Hall–Kier alpha value is -1.12. The molecule has 1 rings (SSSR count). The second-order valence-corrected chi connectivity index (χ2v) is 6.70. The highest BCUT2D eigenvalue weighted by molar-refractivity contribution is 6.01. The Morgan fingerprint density at radius 3 is 1.83 bits per heavy atom. The number of hydrogen-bond acceptors (Lipinski definition) is 3. The molecule has 0 radical (unpaired) electrons. The van der Waals surface area contributed by atoms with Gasteiger partial charge in [0, 0.05) is 21.8 Å². The van der Waals surface area contributed by atoms with Crippen LogP contribution in [0.4, 0.5) is 0 Å². The van der Waals surface area contributed by atoms with Gasteiger partial charge in [-0.15, -0.1) is 0 Å². The van der Waals surface area contributed by atoms with E-state index in [1.165, 1.54) is 7.11 Å². The number of rotatable bonds is 1. The van der Waals surface area contributed by atoms with Gasteiger partial charge in [-0.1, -0.05) is 27.7 Å². The largest absolute Gasteiger partial charge is 0.466 e. The van der Waals surface area contributed by atoms with Crippen LogP contribution < -0.4 is 0 Å². The minimum Gasteiger partial charge on any atom is -0.466 e. The average Bonchev–Trinajstić information content (AvgIpc) is 2.25. The number of ether oxygens (including phenoxy) is 1. The summed E-state index contributed by atoms with van der Waals surface area (Å²) in [5.41, 5.74) is -0.290. The first-order valence-corrected chi connectivity index (χ1v) is 6.27. The summed E-state index contributed by atoms with van der Waals surface area (Å²) in [6, 6.07) is 0. The number of Topliss-reactive ketones (excluding diaryl/α,β-unsaturated/α-hetero) is 1. The quantitative estimate of drug-likeness (QED) is 0.673. The highest BCUT2D eigenvalue weighted by Gasteiger charge is 2.57. The summed E-state index contributed by atoms with van der Waals surface area (Å²) in [5, 5.41) is 0. The molecule has 0 aromatic carbocycles. The molecule has 0 aromatic heterocycles. The Labute approximate surface area is 110 Å². The van der Waals surface area contributed by atoms with Gasteiger partial charge in [-0.2, -0.15) is 0 Å². The summed E-state index contributed by atoms with van der Waals surface area (Å²) in [7, 11) is 1.38. The molecule has 0 bridgehead atoms. The summed E-state index contributed by atoms with van der Waals surface area (Å²) in [6.07, 6.45) is 0. The van der Waals surface area contributed by atoms with E-state index in [1.54, 1.807) is 0 Å². The molecule has 0 amide bonds. The summed E-state index contributed by atoms with van der Waals surface area (Å²) in [6.45, 7) is 13.3. The first-order chi connectivity index (χ1) is 7.92. The van der Waals surface area contributed by atoms with E-state index in [1.807, 2.05) is 48.5 Å². The molecule has 0 heterocycles. The number of allylic oxidation sites excluding steroid dienone is 1. The van der Waals surface area contributed by atoms with Crippen molar-refractivity contribution in [2.45, 2.75) is 48.5 Å². The average molecular weight is 252 g/mol. The van der Waals surface area contributed by atoms with E-state index >= 15 is 0 Å². The van der Waals surface area contributed by atoms with Gasteiger partial charge >= 0.3 is 5.97 Å². The number of methoxy groups -OCH3 is 1.